The third-order valence-corrected chi connectivity index (χ3v) is 17.6. The van der Waals surface area contributed by atoms with Crippen LogP contribution in [0.5, 0.6) is 5.88 Å². The van der Waals surface area contributed by atoms with Gasteiger partial charge in [0.05, 0.1) is 51.1 Å². The lowest BCUT2D eigenvalue weighted by Gasteiger charge is -2.36. The molecule has 5 atom stereocenters. The maximum Gasteiger partial charge on any atom is 0.301 e. The van der Waals surface area contributed by atoms with Crippen molar-refractivity contribution in [2.75, 3.05) is 68.6 Å². The Bertz CT molecular complexity index is 3490. The number of ketones is 1. The molecule has 7 aromatic rings. The van der Waals surface area contributed by atoms with Crippen molar-refractivity contribution in [3.63, 3.8) is 0 Å². The summed E-state index contributed by atoms with van der Waals surface area (Å²) in [7, 11) is -2.61. The first-order chi connectivity index (χ1) is 37.8. The second-order valence-corrected chi connectivity index (χ2v) is 23.3. The van der Waals surface area contributed by atoms with Crippen LogP contribution in [0.2, 0.25) is 0 Å². The lowest BCUT2D eigenvalue weighted by atomic mass is 9.90. The highest BCUT2D eigenvalue weighted by Crippen LogP contribution is 2.35. The first-order valence-corrected chi connectivity index (χ1v) is 28.6. The number of benzene rings is 3. The summed E-state index contributed by atoms with van der Waals surface area (Å²) in [5.41, 5.74) is 6.37. The normalized spacial score (nSPS) is 19.1. The van der Waals surface area contributed by atoms with Crippen molar-refractivity contribution >= 4 is 61.6 Å². The van der Waals surface area contributed by atoms with Gasteiger partial charge in [-0.2, -0.15) is 17.8 Å². The number of ether oxygens (including phenoxy) is 1. The van der Waals surface area contributed by atoms with E-state index in [4.69, 9.17) is 9.84 Å². The van der Waals surface area contributed by atoms with Crippen LogP contribution in [0, 0.1) is 24.5 Å². The molecule has 2 amide bonds. The van der Waals surface area contributed by atoms with Gasteiger partial charge in [-0.3, -0.25) is 24.0 Å². The number of β-amino-alcohol motifs (C(OH)–C–C–N with tert-alkyl or cyclic N) is 1. The monoisotopic (exact) mass is 1120 g/mol. The molecule has 18 nitrogen and oxygen atoms in total. The predicted octanol–water partition coefficient (Wildman–Crippen LogP) is 7.38. The number of rotatable bonds is 18. The van der Waals surface area contributed by atoms with Crippen molar-refractivity contribution < 1.29 is 45.8 Å². The molecule has 0 spiro atoms. The van der Waals surface area contributed by atoms with Gasteiger partial charge in [-0.05, 0) is 73.2 Å². The SMILES string of the molecule is Cc1ncsc1-c1ccc([C@H](C)NC(=O)[C@@H]2C[C@@H](O)CN2C(=O)C(c2cc(OCCN3CCN(c4ccc(-c5cnc6[nH]cc(C(=O)c7c(F)ccc(NS(=O)(=O)N8CC[C@@H](F)C8)c7F)c6c5)cc4)CC3)n(C)n2)C(C)C)cc1. The van der Waals surface area contributed by atoms with Gasteiger partial charge in [0, 0.05) is 106 Å². The van der Waals surface area contributed by atoms with E-state index in [-0.39, 0.29) is 55.3 Å². The van der Waals surface area contributed by atoms with Gasteiger partial charge in [0.15, 0.2) is 5.82 Å². The molecule has 3 aliphatic rings. The highest BCUT2D eigenvalue weighted by molar-refractivity contribution is 7.90. The van der Waals surface area contributed by atoms with E-state index in [0.29, 0.717) is 41.3 Å². The van der Waals surface area contributed by atoms with Gasteiger partial charge in [-0.1, -0.05) is 50.2 Å². The number of H-pyrrole nitrogens is 1. The number of hydrogen-bond acceptors (Lipinski definition) is 13. The number of nitrogens with zero attached hydrogens (tertiary/aromatic N) is 8. The number of aryl methyl sites for hydroxylation is 2. The van der Waals surface area contributed by atoms with Crippen LogP contribution in [-0.4, -0.2) is 147 Å². The second-order valence-electron chi connectivity index (χ2n) is 20.8. The number of pyridine rings is 1. The number of likely N-dealkylation sites (tertiary alicyclic amines) is 1. The van der Waals surface area contributed by atoms with Crippen molar-refractivity contribution in [2.45, 2.75) is 70.8 Å². The highest BCUT2D eigenvalue weighted by Gasteiger charge is 2.43. The number of halogens is 3. The van der Waals surface area contributed by atoms with Crippen LogP contribution >= 0.6 is 11.3 Å². The fourth-order valence-electron chi connectivity index (χ4n) is 10.7. The molecule has 1 unspecified atom stereocenters. The molecule has 416 valence electrons. The molecule has 0 bridgehead atoms. The zero-order valence-corrected chi connectivity index (χ0v) is 46.0. The number of hydrogen-bond donors (Lipinski definition) is 4. The molecule has 0 saturated carbocycles. The van der Waals surface area contributed by atoms with Gasteiger partial charge in [0.2, 0.25) is 23.5 Å². The lowest BCUT2D eigenvalue weighted by Crippen LogP contribution is -2.48. The third kappa shape index (κ3) is 11.6. The van der Waals surface area contributed by atoms with E-state index in [1.54, 1.807) is 41.4 Å². The first kappa shape index (κ1) is 55.1. The zero-order chi connectivity index (χ0) is 55.9. The Hall–Kier alpha value is -7.18. The zero-order valence-electron chi connectivity index (χ0n) is 44.3. The number of thiazole rings is 1. The van der Waals surface area contributed by atoms with Crippen molar-refractivity contribution in [1.29, 1.82) is 0 Å². The number of alkyl halides is 1. The highest BCUT2D eigenvalue weighted by atomic mass is 32.2. The van der Waals surface area contributed by atoms with Crippen LogP contribution < -0.4 is 19.7 Å². The average molecular weight is 1120 g/mol. The topological polar surface area (TPSA) is 211 Å². The Morgan fingerprint density at radius 2 is 1.66 bits per heavy atom. The van der Waals surface area contributed by atoms with Crippen molar-refractivity contribution in [3.05, 3.63) is 130 Å². The molecule has 0 radical (unpaired) electrons. The number of aromatic nitrogens is 5. The van der Waals surface area contributed by atoms with E-state index in [1.807, 2.05) is 86.5 Å². The number of aliphatic hydroxyl groups is 1. The number of nitrogens with one attached hydrogen (secondary N) is 3. The summed E-state index contributed by atoms with van der Waals surface area (Å²) in [5.74, 6) is -4.55. The summed E-state index contributed by atoms with van der Waals surface area (Å²) in [6.07, 6.45) is 0.849. The molecule has 79 heavy (non-hydrogen) atoms. The molecular formula is C56H62F3N11O7S2. The summed E-state index contributed by atoms with van der Waals surface area (Å²) < 4.78 is 81.3. The fourth-order valence-corrected chi connectivity index (χ4v) is 12.8. The van der Waals surface area contributed by atoms with E-state index in [2.05, 4.69) is 30.1 Å². The van der Waals surface area contributed by atoms with Crippen molar-refractivity contribution in [3.8, 4) is 27.4 Å². The lowest BCUT2D eigenvalue weighted by molar-refractivity contribution is -0.140. The van der Waals surface area contributed by atoms with E-state index in [9.17, 15) is 32.3 Å². The summed E-state index contributed by atoms with van der Waals surface area (Å²) >= 11 is 1.58. The quantitative estimate of drug-likeness (QED) is 0.0621. The maximum absolute atomic E-state index is 15.8. The Balaban J connectivity index is 0.720. The smallest absolute Gasteiger partial charge is 0.301 e. The minimum Gasteiger partial charge on any atom is -0.476 e. The van der Waals surface area contributed by atoms with E-state index >= 15 is 8.78 Å². The average Bonchev–Trinajstić information content (AvgIpc) is 4.47. The van der Waals surface area contributed by atoms with Gasteiger partial charge in [-0.15, -0.1) is 11.3 Å². The minimum atomic E-state index is -4.38. The summed E-state index contributed by atoms with van der Waals surface area (Å²) in [4.78, 5) is 60.9. The summed E-state index contributed by atoms with van der Waals surface area (Å²) in [6, 6.07) is 19.8. The first-order valence-electron chi connectivity index (χ1n) is 26.3. The van der Waals surface area contributed by atoms with Gasteiger partial charge in [0.1, 0.15) is 30.3 Å². The van der Waals surface area contributed by atoms with Gasteiger partial charge < -0.3 is 29.9 Å². The number of anilines is 2. The molecule has 3 aromatic carbocycles. The minimum absolute atomic E-state index is 0.00721. The molecule has 10 rings (SSSR count). The van der Waals surface area contributed by atoms with Crippen molar-refractivity contribution in [2.24, 2.45) is 13.0 Å². The molecule has 23 heteroatoms. The van der Waals surface area contributed by atoms with Crippen LogP contribution in [0.4, 0.5) is 24.5 Å². The Labute approximate surface area is 459 Å². The Kier molecular flexibility index (Phi) is 16.0. The molecular weight excluding hydrogens is 1060 g/mol. The Morgan fingerprint density at radius 3 is 2.34 bits per heavy atom. The van der Waals surface area contributed by atoms with Crippen LogP contribution in [0.25, 0.3) is 32.6 Å². The van der Waals surface area contributed by atoms with Gasteiger partial charge in [0.25, 0.3) is 0 Å². The molecule has 3 fully saturated rings. The molecule has 3 aliphatic heterocycles. The number of amides is 2. The number of carbonyl (C=O) groups is 3. The fraction of sp³-hybridized carbons (Fsp3) is 0.393. The van der Waals surface area contributed by atoms with E-state index in [1.165, 1.54) is 11.1 Å². The molecule has 4 aromatic heterocycles. The predicted molar refractivity (Wildman–Crippen MR) is 295 cm³/mol. The number of piperazine rings is 1. The Morgan fingerprint density at radius 1 is 0.924 bits per heavy atom. The van der Waals surface area contributed by atoms with Crippen LogP contribution in [0.1, 0.15) is 78.4 Å². The van der Waals surface area contributed by atoms with E-state index < -0.39 is 69.7 Å². The standard InChI is InChI=1S/C56H62F3N11O7S2/c1-32(2)49(56(74)70-30-41(71)25-47(70)55(73)63-33(3)35-6-8-37(9-7-35)53-34(4)62-31-78-53)46-26-48(66(5)64-46)77-23-22-67-18-20-68(21-19-67)40-12-10-36(11-13-40)38-24-42-43(28-61-54(42)60-27-38)52(72)50-44(58)14-15-45(51(50)59)65-79(75,76)69-17-16-39(57)29-69/h6-15,24,26-28,31-33,39,41,47,49,65,71H,16-23,25,29-30H2,1-5H3,(H,60,61)(H,63,73)/t33-,39+,41+,47-,49?/m0/s1. The summed E-state index contributed by atoms with van der Waals surface area (Å²) in [5, 5.41) is 18.9. The maximum atomic E-state index is 15.8. The number of aliphatic hydroxyl groups excluding tert-OH is 1. The van der Waals surface area contributed by atoms with E-state index in [0.717, 1.165) is 75.6 Å². The second kappa shape index (κ2) is 22.9. The molecule has 4 N–H and O–H groups in total. The number of carbonyl (C=O) groups excluding carboxylic acids is 3. The van der Waals surface area contributed by atoms with Crippen molar-refractivity contribution in [1.82, 2.24) is 44.2 Å². The third-order valence-electron chi connectivity index (χ3n) is 15.1. The molecule has 0 aliphatic carbocycles. The van der Waals surface area contributed by atoms with Gasteiger partial charge in [-0.25, -0.2) is 27.8 Å². The van der Waals surface area contributed by atoms with Crippen LogP contribution in [0.3, 0.4) is 0 Å². The number of aromatic amines is 1. The largest absolute Gasteiger partial charge is 0.476 e. The summed E-state index contributed by atoms with van der Waals surface area (Å²) in [6.45, 7) is 11.4. The van der Waals surface area contributed by atoms with Crippen LogP contribution in [-0.2, 0) is 26.8 Å². The molecule has 3 saturated heterocycles. The van der Waals surface area contributed by atoms with Gasteiger partial charge >= 0.3 is 10.2 Å². The number of fused-ring (bicyclic) bond motifs is 1. The van der Waals surface area contributed by atoms with Crippen LogP contribution in [0.15, 0.2) is 90.7 Å². The molecule has 7 heterocycles.